The highest BCUT2D eigenvalue weighted by Crippen LogP contribution is 2.35. The highest BCUT2D eigenvalue weighted by atomic mass is 16.1. The molecule has 0 aromatic rings. The van der Waals surface area contributed by atoms with Crippen LogP contribution in [-0.4, -0.2) is 5.78 Å². The Morgan fingerprint density at radius 2 is 1.71 bits per heavy atom. The first-order valence-corrected chi connectivity index (χ1v) is 6.01. The maximum absolute atomic E-state index is 12.2. The third-order valence-corrected chi connectivity index (χ3v) is 3.94. The molecule has 1 fully saturated rings. The highest BCUT2D eigenvalue weighted by Gasteiger charge is 2.33. The molecule has 0 N–H and O–H groups in total. The molecule has 0 bridgehead atoms. The highest BCUT2D eigenvalue weighted by molar-refractivity contribution is 5.86. The van der Waals surface area contributed by atoms with Gasteiger partial charge in [-0.15, -0.1) is 0 Å². The van der Waals surface area contributed by atoms with Gasteiger partial charge in [0.05, 0.1) is 0 Å². The Kier molecular flexibility index (Phi) is 3.74. The molecule has 1 aliphatic carbocycles. The molecular weight excluding hydrogens is 172 g/mol. The van der Waals surface area contributed by atoms with Crippen LogP contribution in [0.3, 0.4) is 0 Å². The van der Waals surface area contributed by atoms with Crippen molar-refractivity contribution in [1.29, 1.82) is 0 Å². The molecule has 0 aromatic heterocycles. The molecule has 0 atom stereocenters. The molecule has 1 aliphatic rings. The van der Waals surface area contributed by atoms with Gasteiger partial charge in [0.25, 0.3) is 0 Å². The summed E-state index contributed by atoms with van der Waals surface area (Å²) >= 11 is 0. The van der Waals surface area contributed by atoms with Gasteiger partial charge in [-0.1, -0.05) is 40.5 Å². The number of carbonyl (C=O) groups is 1. The summed E-state index contributed by atoms with van der Waals surface area (Å²) in [5, 5.41) is 0. The van der Waals surface area contributed by atoms with Crippen molar-refractivity contribution >= 4 is 5.78 Å². The monoisotopic (exact) mass is 196 g/mol. The summed E-state index contributed by atoms with van der Waals surface area (Å²) < 4.78 is 0. The quantitative estimate of drug-likeness (QED) is 0.670. The van der Waals surface area contributed by atoms with Gasteiger partial charge < -0.3 is 0 Å². The minimum Gasteiger partial charge on any atom is -0.299 e. The number of carbonyl (C=O) groups excluding carboxylic acids is 1. The van der Waals surface area contributed by atoms with Crippen molar-refractivity contribution in [1.82, 2.24) is 0 Å². The topological polar surface area (TPSA) is 17.1 Å². The minimum atomic E-state index is -0.0920. The molecule has 14 heavy (non-hydrogen) atoms. The van der Waals surface area contributed by atoms with E-state index in [1.54, 1.807) is 0 Å². The lowest BCUT2D eigenvalue weighted by Gasteiger charge is -2.31. The van der Waals surface area contributed by atoms with Crippen LogP contribution in [0.25, 0.3) is 0 Å². The smallest absolute Gasteiger partial charge is 0.141 e. The van der Waals surface area contributed by atoms with Crippen LogP contribution < -0.4 is 0 Å². The second-order valence-corrected chi connectivity index (χ2v) is 5.56. The summed E-state index contributed by atoms with van der Waals surface area (Å²) in [5.74, 6) is 1.71. The second-order valence-electron chi connectivity index (χ2n) is 5.56. The van der Waals surface area contributed by atoms with Crippen molar-refractivity contribution in [3.05, 3.63) is 0 Å². The largest absolute Gasteiger partial charge is 0.299 e. The van der Waals surface area contributed by atoms with Crippen molar-refractivity contribution in [2.75, 3.05) is 0 Å². The molecule has 1 saturated carbocycles. The third-order valence-electron chi connectivity index (χ3n) is 3.94. The summed E-state index contributed by atoms with van der Waals surface area (Å²) in [6, 6.07) is 0. The first kappa shape index (κ1) is 11.7. The van der Waals surface area contributed by atoms with Crippen LogP contribution >= 0.6 is 0 Å². The fourth-order valence-corrected chi connectivity index (χ4v) is 2.25. The summed E-state index contributed by atoms with van der Waals surface area (Å²) in [6.45, 7) is 8.59. The van der Waals surface area contributed by atoms with E-state index in [1.807, 2.05) is 0 Å². The van der Waals surface area contributed by atoms with Crippen LogP contribution in [0.5, 0.6) is 0 Å². The van der Waals surface area contributed by atoms with Crippen LogP contribution in [0, 0.1) is 17.3 Å². The average Bonchev–Trinajstić information content (AvgIpc) is 2.18. The van der Waals surface area contributed by atoms with Crippen molar-refractivity contribution < 1.29 is 4.79 Å². The third kappa shape index (κ3) is 2.59. The normalized spacial score (nSPS) is 28.9. The maximum atomic E-state index is 12.2. The number of Topliss-reactive ketones (excluding diaryl/α,β-unsaturated/α-hetero) is 1. The first-order valence-electron chi connectivity index (χ1n) is 6.01. The Labute approximate surface area is 88.3 Å². The average molecular weight is 196 g/mol. The van der Waals surface area contributed by atoms with Gasteiger partial charge in [-0.3, -0.25) is 4.79 Å². The van der Waals surface area contributed by atoms with Gasteiger partial charge in [0.1, 0.15) is 5.78 Å². The second kappa shape index (κ2) is 4.46. The predicted octanol–water partition coefficient (Wildman–Crippen LogP) is 3.82. The van der Waals surface area contributed by atoms with Gasteiger partial charge in [-0.2, -0.15) is 0 Å². The molecule has 0 radical (unpaired) electrons. The van der Waals surface area contributed by atoms with Crippen molar-refractivity contribution in [3.63, 3.8) is 0 Å². The van der Waals surface area contributed by atoms with Gasteiger partial charge in [0, 0.05) is 11.3 Å². The zero-order chi connectivity index (χ0) is 10.8. The van der Waals surface area contributed by atoms with Crippen molar-refractivity contribution in [2.24, 2.45) is 17.3 Å². The van der Waals surface area contributed by atoms with E-state index < -0.39 is 0 Å². The molecule has 0 spiro atoms. The van der Waals surface area contributed by atoms with Crippen LogP contribution in [0.1, 0.15) is 59.8 Å². The van der Waals surface area contributed by atoms with Crippen LogP contribution in [-0.2, 0) is 4.79 Å². The van der Waals surface area contributed by atoms with E-state index in [2.05, 4.69) is 27.7 Å². The molecule has 0 amide bonds. The van der Waals surface area contributed by atoms with E-state index in [0.29, 0.717) is 11.7 Å². The number of rotatable bonds is 3. The molecule has 0 unspecified atom stereocenters. The molecule has 1 rings (SSSR count). The molecule has 0 aliphatic heterocycles. The SMILES string of the molecule is CCC(C)(C)C(=O)C1CCC(C)CC1. The van der Waals surface area contributed by atoms with Gasteiger partial charge in [0.15, 0.2) is 0 Å². The van der Waals surface area contributed by atoms with E-state index in [9.17, 15) is 4.79 Å². The van der Waals surface area contributed by atoms with Gasteiger partial charge in [-0.25, -0.2) is 0 Å². The van der Waals surface area contributed by atoms with E-state index in [4.69, 9.17) is 0 Å². The Morgan fingerprint density at radius 1 is 1.21 bits per heavy atom. The van der Waals surface area contributed by atoms with Crippen molar-refractivity contribution in [3.8, 4) is 0 Å². The standard InChI is InChI=1S/C13H24O/c1-5-13(3,4)12(14)11-8-6-10(2)7-9-11/h10-11H,5-9H2,1-4H3. The number of hydrogen-bond acceptors (Lipinski definition) is 1. The van der Waals surface area contributed by atoms with Crippen LogP contribution in [0.15, 0.2) is 0 Å². The molecule has 82 valence electrons. The molecule has 0 heterocycles. The molecular formula is C13H24O. The Bertz CT molecular complexity index is 197. The van der Waals surface area contributed by atoms with Gasteiger partial charge in [0.2, 0.25) is 0 Å². The van der Waals surface area contributed by atoms with Crippen LogP contribution in [0.2, 0.25) is 0 Å². The first-order chi connectivity index (χ1) is 6.47. The fourth-order valence-electron chi connectivity index (χ4n) is 2.25. The summed E-state index contributed by atoms with van der Waals surface area (Å²) in [5.41, 5.74) is -0.0920. The molecule has 0 saturated heterocycles. The predicted molar refractivity (Wildman–Crippen MR) is 60.2 cm³/mol. The summed E-state index contributed by atoms with van der Waals surface area (Å²) in [6.07, 6.45) is 5.72. The minimum absolute atomic E-state index is 0.0920. The van der Waals surface area contributed by atoms with E-state index in [0.717, 1.165) is 25.2 Å². The molecule has 1 nitrogen and oxygen atoms in total. The summed E-state index contributed by atoms with van der Waals surface area (Å²) in [4.78, 5) is 12.2. The Balaban J connectivity index is 2.54. The zero-order valence-electron chi connectivity index (χ0n) is 10.1. The van der Waals surface area contributed by atoms with Gasteiger partial charge in [-0.05, 0) is 25.2 Å². The summed E-state index contributed by atoms with van der Waals surface area (Å²) in [7, 11) is 0. The lowest BCUT2D eigenvalue weighted by atomic mass is 9.72. The van der Waals surface area contributed by atoms with Crippen molar-refractivity contribution in [2.45, 2.75) is 59.8 Å². The number of ketones is 1. The fraction of sp³-hybridized carbons (Fsp3) is 0.923. The zero-order valence-corrected chi connectivity index (χ0v) is 10.1. The molecule has 0 aromatic carbocycles. The van der Waals surface area contributed by atoms with Gasteiger partial charge >= 0.3 is 0 Å². The van der Waals surface area contributed by atoms with E-state index in [1.165, 1.54) is 12.8 Å². The maximum Gasteiger partial charge on any atom is 0.141 e. The lowest BCUT2D eigenvalue weighted by molar-refractivity contribution is -0.132. The Hall–Kier alpha value is -0.330. The lowest BCUT2D eigenvalue weighted by Crippen LogP contribution is -2.32. The Morgan fingerprint density at radius 3 is 2.14 bits per heavy atom. The van der Waals surface area contributed by atoms with E-state index >= 15 is 0 Å². The van der Waals surface area contributed by atoms with E-state index in [-0.39, 0.29) is 5.41 Å². The van der Waals surface area contributed by atoms with Crippen LogP contribution in [0.4, 0.5) is 0 Å². The number of hydrogen-bond donors (Lipinski definition) is 0. The molecule has 1 heteroatoms.